The number of carbonyl (C=O) groups is 1. The molecule has 13 heavy (non-hydrogen) atoms. The number of rotatable bonds is 3. The van der Waals surface area contributed by atoms with Gasteiger partial charge in [-0.2, -0.15) is 0 Å². The average Bonchev–Trinajstić information content (AvgIpc) is 2.59. The monoisotopic (exact) mass is 183 g/mol. The molecule has 74 valence electrons. The first-order chi connectivity index (χ1) is 6.26. The highest BCUT2D eigenvalue weighted by molar-refractivity contribution is 5.37. The summed E-state index contributed by atoms with van der Waals surface area (Å²) in [4.78, 5) is 12.6. The molecule has 2 aliphatic heterocycles. The average molecular weight is 183 g/mol. The Morgan fingerprint density at radius 2 is 2.46 bits per heavy atom. The molecule has 0 aromatic carbocycles. The van der Waals surface area contributed by atoms with E-state index in [2.05, 4.69) is 11.8 Å². The summed E-state index contributed by atoms with van der Waals surface area (Å²) in [5, 5.41) is 0. The van der Waals surface area contributed by atoms with E-state index in [0.717, 1.165) is 0 Å². The summed E-state index contributed by atoms with van der Waals surface area (Å²) in [5.41, 5.74) is 0.414. The van der Waals surface area contributed by atoms with Crippen LogP contribution in [0.1, 0.15) is 32.6 Å². The lowest BCUT2D eigenvalue weighted by Crippen LogP contribution is -2.41. The summed E-state index contributed by atoms with van der Waals surface area (Å²) in [5.74, 6) is 0. The van der Waals surface area contributed by atoms with Gasteiger partial charge in [-0.1, -0.05) is 0 Å². The zero-order chi connectivity index (χ0) is 9.31. The highest BCUT2D eigenvalue weighted by Crippen LogP contribution is 2.41. The fourth-order valence-corrected chi connectivity index (χ4v) is 2.89. The van der Waals surface area contributed by atoms with Crippen molar-refractivity contribution in [1.29, 1.82) is 0 Å². The minimum absolute atomic E-state index is 0.414. The molecule has 0 radical (unpaired) electrons. The molecular formula is C10H17NO2. The van der Waals surface area contributed by atoms with Gasteiger partial charge >= 0.3 is 0 Å². The van der Waals surface area contributed by atoms with Gasteiger partial charge in [-0.25, -0.2) is 0 Å². The number of ether oxygens (including phenoxy) is 1. The number of hydrogen-bond donors (Lipinski definition) is 0. The summed E-state index contributed by atoms with van der Waals surface area (Å²) < 4.78 is 4.85. The Labute approximate surface area is 79.0 Å². The molecule has 3 heteroatoms. The largest absolute Gasteiger partial charge is 0.466 e. The van der Waals surface area contributed by atoms with Crippen LogP contribution in [-0.4, -0.2) is 36.1 Å². The van der Waals surface area contributed by atoms with Crippen LogP contribution in [0.4, 0.5) is 0 Å². The topological polar surface area (TPSA) is 29.5 Å². The van der Waals surface area contributed by atoms with Crippen LogP contribution in [0.5, 0.6) is 0 Å². The maximum absolute atomic E-state index is 10.1. The van der Waals surface area contributed by atoms with Gasteiger partial charge in [0.2, 0.25) is 0 Å². The number of carbonyl (C=O) groups excluding carboxylic acids is 1. The molecule has 2 aliphatic rings. The molecule has 0 amide bonds. The lowest BCUT2D eigenvalue weighted by molar-refractivity contribution is -0.130. The minimum Gasteiger partial charge on any atom is -0.466 e. The number of nitrogens with zero attached hydrogens (tertiary/aromatic N) is 1. The summed E-state index contributed by atoms with van der Waals surface area (Å²) in [6.45, 7) is 4.66. The van der Waals surface area contributed by atoms with E-state index in [1.165, 1.54) is 32.2 Å². The van der Waals surface area contributed by atoms with Gasteiger partial charge in [-0.05, 0) is 39.2 Å². The van der Waals surface area contributed by atoms with Crippen molar-refractivity contribution in [2.45, 2.75) is 44.2 Å². The second-order valence-electron chi connectivity index (χ2n) is 4.42. The molecule has 0 N–H and O–H groups in total. The lowest BCUT2D eigenvalue weighted by Gasteiger charge is -2.30. The van der Waals surface area contributed by atoms with Gasteiger partial charge in [0.1, 0.15) is 6.61 Å². The van der Waals surface area contributed by atoms with Crippen LogP contribution < -0.4 is 0 Å². The van der Waals surface area contributed by atoms with Crippen LogP contribution in [0.15, 0.2) is 0 Å². The van der Waals surface area contributed by atoms with E-state index >= 15 is 0 Å². The third kappa shape index (κ3) is 1.46. The summed E-state index contributed by atoms with van der Waals surface area (Å²) in [7, 11) is 0. The molecule has 2 atom stereocenters. The standard InChI is InChI=1S/C10H17NO2/c1-10-4-2-6-11(10)9(3-5-10)7-13-8-12/h8-9H,2-7H2,1H3/t9?,10-/m0/s1. The van der Waals surface area contributed by atoms with Gasteiger partial charge in [0.15, 0.2) is 0 Å². The zero-order valence-corrected chi connectivity index (χ0v) is 8.16. The van der Waals surface area contributed by atoms with Crippen LogP contribution in [0, 0.1) is 0 Å². The zero-order valence-electron chi connectivity index (χ0n) is 8.16. The maximum atomic E-state index is 10.1. The SMILES string of the molecule is C[C@@]12CCCN1C(COC=O)CC2. The number of hydrogen-bond acceptors (Lipinski definition) is 3. The molecule has 3 nitrogen and oxygen atoms in total. The first-order valence-electron chi connectivity index (χ1n) is 5.08. The van der Waals surface area contributed by atoms with Crippen molar-refractivity contribution in [3.05, 3.63) is 0 Å². The fourth-order valence-electron chi connectivity index (χ4n) is 2.89. The predicted octanol–water partition coefficient (Wildman–Crippen LogP) is 1.18. The molecular weight excluding hydrogens is 166 g/mol. The summed E-state index contributed by atoms with van der Waals surface area (Å²) in [6, 6.07) is 0.484. The van der Waals surface area contributed by atoms with E-state index in [9.17, 15) is 4.79 Å². The molecule has 0 aromatic heterocycles. The smallest absolute Gasteiger partial charge is 0.293 e. The molecule has 0 aromatic rings. The third-order valence-electron chi connectivity index (χ3n) is 3.62. The fraction of sp³-hybridized carbons (Fsp3) is 0.900. The third-order valence-corrected chi connectivity index (χ3v) is 3.62. The lowest BCUT2D eigenvalue weighted by atomic mass is 9.97. The Bertz CT molecular complexity index is 207. The molecule has 2 fully saturated rings. The van der Waals surface area contributed by atoms with Crippen molar-refractivity contribution < 1.29 is 9.53 Å². The van der Waals surface area contributed by atoms with E-state index in [1.807, 2.05) is 0 Å². The second-order valence-corrected chi connectivity index (χ2v) is 4.42. The molecule has 2 saturated heterocycles. The molecule has 0 bridgehead atoms. The molecule has 1 unspecified atom stereocenters. The Balaban J connectivity index is 1.96. The van der Waals surface area contributed by atoms with Crippen molar-refractivity contribution in [2.75, 3.05) is 13.2 Å². The van der Waals surface area contributed by atoms with E-state index < -0.39 is 0 Å². The molecule has 0 saturated carbocycles. The van der Waals surface area contributed by atoms with Crippen LogP contribution in [0.2, 0.25) is 0 Å². The first kappa shape index (κ1) is 9.00. The van der Waals surface area contributed by atoms with Crippen molar-refractivity contribution in [2.24, 2.45) is 0 Å². The molecule has 0 spiro atoms. The van der Waals surface area contributed by atoms with Crippen molar-refractivity contribution in [3.8, 4) is 0 Å². The molecule has 2 heterocycles. The summed E-state index contributed by atoms with van der Waals surface area (Å²) >= 11 is 0. The van der Waals surface area contributed by atoms with Crippen LogP contribution in [0.25, 0.3) is 0 Å². The van der Waals surface area contributed by atoms with Gasteiger partial charge in [0.05, 0.1) is 0 Å². The van der Waals surface area contributed by atoms with E-state index in [4.69, 9.17) is 4.74 Å². The van der Waals surface area contributed by atoms with Crippen LogP contribution in [-0.2, 0) is 9.53 Å². The Hall–Kier alpha value is -0.570. The Kier molecular flexibility index (Phi) is 2.28. The predicted molar refractivity (Wildman–Crippen MR) is 49.4 cm³/mol. The molecule has 0 aliphatic carbocycles. The van der Waals surface area contributed by atoms with Gasteiger partial charge in [-0.3, -0.25) is 9.69 Å². The van der Waals surface area contributed by atoms with Crippen molar-refractivity contribution in [3.63, 3.8) is 0 Å². The van der Waals surface area contributed by atoms with E-state index in [1.54, 1.807) is 0 Å². The van der Waals surface area contributed by atoms with Crippen molar-refractivity contribution in [1.82, 2.24) is 4.90 Å². The minimum atomic E-state index is 0.414. The Morgan fingerprint density at radius 3 is 3.23 bits per heavy atom. The maximum Gasteiger partial charge on any atom is 0.293 e. The van der Waals surface area contributed by atoms with Crippen LogP contribution >= 0.6 is 0 Å². The van der Waals surface area contributed by atoms with E-state index in [0.29, 0.717) is 24.7 Å². The van der Waals surface area contributed by atoms with Crippen LogP contribution in [0.3, 0.4) is 0 Å². The highest BCUT2D eigenvalue weighted by atomic mass is 16.5. The molecule has 2 rings (SSSR count). The second kappa shape index (κ2) is 3.29. The normalized spacial score (nSPS) is 39.0. The van der Waals surface area contributed by atoms with Gasteiger partial charge < -0.3 is 4.74 Å². The number of fused-ring (bicyclic) bond motifs is 1. The highest BCUT2D eigenvalue weighted by Gasteiger charge is 2.45. The van der Waals surface area contributed by atoms with Gasteiger partial charge in [-0.15, -0.1) is 0 Å². The van der Waals surface area contributed by atoms with Gasteiger partial charge in [0.25, 0.3) is 6.47 Å². The Morgan fingerprint density at radius 1 is 1.62 bits per heavy atom. The first-order valence-corrected chi connectivity index (χ1v) is 5.08. The van der Waals surface area contributed by atoms with Gasteiger partial charge in [0, 0.05) is 11.6 Å². The summed E-state index contributed by atoms with van der Waals surface area (Å²) in [6.07, 6.45) is 5.06. The quantitative estimate of drug-likeness (QED) is 0.615. The van der Waals surface area contributed by atoms with Crippen molar-refractivity contribution >= 4 is 6.47 Å². The van der Waals surface area contributed by atoms with E-state index in [-0.39, 0.29) is 0 Å².